The van der Waals surface area contributed by atoms with Gasteiger partial charge in [-0.1, -0.05) is 18.2 Å². The van der Waals surface area contributed by atoms with E-state index in [-0.39, 0.29) is 0 Å². The maximum absolute atomic E-state index is 6.06. The molecular formula is C26H29N5O2S. The lowest BCUT2D eigenvalue weighted by Crippen LogP contribution is -2.33. The average molecular weight is 476 g/mol. The monoisotopic (exact) mass is 475 g/mol. The summed E-state index contributed by atoms with van der Waals surface area (Å²) in [6, 6.07) is 17.9. The Morgan fingerprint density at radius 3 is 2.71 bits per heavy atom. The molecule has 1 aliphatic heterocycles. The molecule has 1 aliphatic rings. The average Bonchev–Trinajstić information content (AvgIpc) is 3.37. The Balaban J connectivity index is 1.32. The maximum Gasteiger partial charge on any atom is 0.213 e. The number of methoxy groups -OCH3 is 1. The van der Waals surface area contributed by atoms with Crippen molar-refractivity contribution in [2.24, 2.45) is 0 Å². The van der Waals surface area contributed by atoms with Gasteiger partial charge in [0.05, 0.1) is 19.4 Å². The van der Waals surface area contributed by atoms with Crippen molar-refractivity contribution in [2.75, 3.05) is 50.2 Å². The third-order valence-corrected chi connectivity index (χ3v) is 6.80. The summed E-state index contributed by atoms with van der Waals surface area (Å²) in [6.07, 6.45) is 4.68. The molecule has 1 N–H and O–H groups in total. The summed E-state index contributed by atoms with van der Waals surface area (Å²) in [4.78, 5) is 11.9. The van der Waals surface area contributed by atoms with E-state index in [4.69, 9.17) is 14.5 Å². The van der Waals surface area contributed by atoms with Crippen LogP contribution in [0.3, 0.4) is 0 Å². The number of aromatic nitrogens is 3. The van der Waals surface area contributed by atoms with Crippen LogP contribution in [0.25, 0.3) is 16.9 Å². The zero-order valence-electron chi connectivity index (χ0n) is 19.3. The van der Waals surface area contributed by atoms with E-state index in [1.165, 1.54) is 24.6 Å². The van der Waals surface area contributed by atoms with Crippen LogP contribution in [0.2, 0.25) is 0 Å². The topological polar surface area (TPSA) is 63.9 Å². The Kier molecular flexibility index (Phi) is 7.16. The number of anilines is 2. The zero-order valence-corrected chi connectivity index (χ0v) is 20.1. The number of nitrogens with one attached hydrogen (secondary N) is 1. The van der Waals surface area contributed by atoms with Gasteiger partial charge in [0.1, 0.15) is 5.65 Å². The molecule has 0 radical (unpaired) electrons. The Morgan fingerprint density at radius 2 is 1.88 bits per heavy atom. The third kappa shape index (κ3) is 5.29. The highest BCUT2D eigenvalue weighted by molar-refractivity contribution is 7.99. The first-order valence-corrected chi connectivity index (χ1v) is 12.7. The number of ether oxygens (including phenoxy) is 2. The predicted molar refractivity (Wildman–Crippen MR) is 139 cm³/mol. The second-order valence-electron chi connectivity index (χ2n) is 8.13. The Hall–Kier alpha value is -3.23. The lowest BCUT2D eigenvalue weighted by atomic mass is 10.1. The number of thioether (sulfide) groups is 1. The highest BCUT2D eigenvalue weighted by atomic mass is 32.2. The molecule has 0 atom stereocenters. The molecule has 0 saturated carbocycles. The third-order valence-electron chi connectivity index (χ3n) is 5.86. The van der Waals surface area contributed by atoms with E-state index in [1.54, 1.807) is 13.3 Å². The van der Waals surface area contributed by atoms with Crippen LogP contribution in [0.4, 0.5) is 11.6 Å². The van der Waals surface area contributed by atoms with Gasteiger partial charge >= 0.3 is 0 Å². The molecule has 0 unspecified atom stereocenters. The molecular weight excluding hydrogens is 446 g/mol. The molecule has 5 rings (SSSR count). The van der Waals surface area contributed by atoms with Gasteiger partial charge in [-0.25, -0.2) is 9.97 Å². The minimum atomic E-state index is 0.669. The fraction of sp³-hybridized carbons (Fsp3) is 0.308. The van der Waals surface area contributed by atoms with Gasteiger partial charge < -0.3 is 19.7 Å². The highest BCUT2D eigenvalue weighted by Crippen LogP contribution is 2.33. The second kappa shape index (κ2) is 10.8. The number of nitrogens with zero attached hydrogens (tertiary/aromatic N) is 4. The summed E-state index contributed by atoms with van der Waals surface area (Å²) in [5.74, 6) is 4.63. The van der Waals surface area contributed by atoms with Gasteiger partial charge in [-0.05, 0) is 36.8 Å². The number of benzene rings is 2. The fourth-order valence-electron chi connectivity index (χ4n) is 4.05. The Bertz CT molecular complexity index is 1220. The lowest BCUT2D eigenvalue weighted by molar-refractivity contribution is 0.242. The minimum absolute atomic E-state index is 0.669. The van der Waals surface area contributed by atoms with E-state index < -0.39 is 0 Å². The second-order valence-corrected chi connectivity index (χ2v) is 9.36. The van der Waals surface area contributed by atoms with Crippen LogP contribution < -0.4 is 14.8 Å². The molecule has 176 valence electrons. The Morgan fingerprint density at radius 1 is 1.03 bits per heavy atom. The summed E-state index contributed by atoms with van der Waals surface area (Å²) >= 11 is 2.04. The van der Waals surface area contributed by atoms with Gasteiger partial charge in [-0.2, -0.15) is 11.8 Å². The maximum atomic E-state index is 6.06. The SMILES string of the molecule is COc1cc(-c2cc3nccn3c(Nc3ccccc3)n2)ccc1OCCCN1CCSCC1. The first-order chi connectivity index (χ1) is 16.8. The van der Waals surface area contributed by atoms with Crippen LogP contribution in [0, 0.1) is 0 Å². The predicted octanol–water partition coefficient (Wildman–Crippen LogP) is 4.97. The van der Waals surface area contributed by atoms with Crippen LogP contribution in [0.15, 0.2) is 67.0 Å². The van der Waals surface area contributed by atoms with Gasteiger partial charge in [0, 0.05) is 60.9 Å². The molecule has 2 aromatic heterocycles. The van der Waals surface area contributed by atoms with E-state index in [2.05, 4.69) is 15.2 Å². The van der Waals surface area contributed by atoms with Crippen molar-refractivity contribution in [1.29, 1.82) is 0 Å². The van der Waals surface area contributed by atoms with E-state index in [1.807, 2.05) is 77.0 Å². The molecule has 0 aliphatic carbocycles. The van der Waals surface area contributed by atoms with Crippen LogP contribution in [0.1, 0.15) is 6.42 Å². The molecule has 0 amide bonds. The first kappa shape index (κ1) is 22.6. The number of hydrogen-bond acceptors (Lipinski definition) is 7. The van der Waals surface area contributed by atoms with Crippen molar-refractivity contribution in [3.05, 3.63) is 67.0 Å². The molecule has 3 heterocycles. The molecule has 0 spiro atoms. The fourth-order valence-corrected chi connectivity index (χ4v) is 5.03. The van der Waals surface area contributed by atoms with Crippen molar-refractivity contribution in [1.82, 2.24) is 19.3 Å². The van der Waals surface area contributed by atoms with Crippen LogP contribution in [0.5, 0.6) is 11.5 Å². The summed E-state index contributed by atoms with van der Waals surface area (Å²) in [7, 11) is 1.67. The first-order valence-electron chi connectivity index (χ1n) is 11.6. The Labute approximate surface area is 204 Å². The normalized spacial score (nSPS) is 14.3. The quantitative estimate of drug-likeness (QED) is 0.343. The van der Waals surface area contributed by atoms with Crippen molar-refractivity contribution in [3.63, 3.8) is 0 Å². The van der Waals surface area contributed by atoms with Crippen LogP contribution in [-0.4, -0.2) is 64.1 Å². The highest BCUT2D eigenvalue weighted by Gasteiger charge is 2.13. The van der Waals surface area contributed by atoms with Crippen molar-refractivity contribution in [2.45, 2.75) is 6.42 Å². The number of rotatable bonds is 9. The number of para-hydroxylation sites is 1. The van der Waals surface area contributed by atoms with E-state index >= 15 is 0 Å². The lowest BCUT2D eigenvalue weighted by Gasteiger charge is -2.25. The summed E-state index contributed by atoms with van der Waals surface area (Å²) < 4.78 is 13.7. The van der Waals surface area contributed by atoms with E-state index in [0.717, 1.165) is 41.3 Å². The van der Waals surface area contributed by atoms with E-state index in [0.29, 0.717) is 18.3 Å². The molecule has 4 aromatic rings. The van der Waals surface area contributed by atoms with Crippen molar-refractivity contribution < 1.29 is 9.47 Å². The largest absolute Gasteiger partial charge is 0.493 e. The van der Waals surface area contributed by atoms with Gasteiger partial charge in [0.15, 0.2) is 11.5 Å². The smallest absolute Gasteiger partial charge is 0.213 e. The van der Waals surface area contributed by atoms with Gasteiger partial charge in [0.2, 0.25) is 5.95 Å². The molecule has 1 fully saturated rings. The molecule has 0 bridgehead atoms. The van der Waals surface area contributed by atoms with Gasteiger partial charge in [-0.3, -0.25) is 4.40 Å². The summed E-state index contributed by atoms with van der Waals surface area (Å²) in [5, 5.41) is 3.40. The zero-order chi connectivity index (χ0) is 23.2. The minimum Gasteiger partial charge on any atom is -0.493 e. The molecule has 2 aromatic carbocycles. The molecule has 7 nitrogen and oxygen atoms in total. The summed E-state index contributed by atoms with van der Waals surface area (Å²) in [5.41, 5.74) is 3.53. The van der Waals surface area contributed by atoms with Gasteiger partial charge in [-0.15, -0.1) is 0 Å². The van der Waals surface area contributed by atoms with Crippen LogP contribution >= 0.6 is 11.8 Å². The molecule has 1 saturated heterocycles. The number of imidazole rings is 1. The van der Waals surface area contributed by atoms with Crippen molar-refractivity contribution >= 4 is 29.0 Å². The molecule has 8 heteroatoms. The number of fused-ring (bicyclic) bond motifs is 1. The van der Waals surface area contributed by atoms with Gasteiger partial charge in [0.25, 0.3) is 0 Å². The standard InChI is InChI=1S/C26H29N5O2S/c1-32-24-18-20(8-9-23(24)33-15-5-11-30-13-16-34-17-14-30)22-19-25-27-10-12-31(25)26(29-22)28-21-6-3-2-4-7-21/h2-4,6-10,12,18-19H,5,11,13-17H2,1H3,(H,28,29). The van der Waals surface area contributed by atoms with Crippen LogP contribution in [-0.2, 0) is 0 Å². The molecule has 34 heavy (non-hydrogen) atoms. The summed E-state index contributed by atoms with van der Waals surface area (Å²) in [6.45, 7) is 4.10. The van der Waals surface area contributed by atoms with E-state index in [9.17, 15) is 0 Å². The number of hydrogen-bond donors (Lipinski definition) is 1. The van der Waals surface area contributed by atoms with Crippen molar-refractivity contribution in [3.8, 4) is 22.8 Å².